The normalized spacial score (nSPS) is 19.5. The smallest absolute Gasteiger partial charge is 0.295 e. The average Bonchev–Trinajstić information content (AvgIpc) is 3.44. The molecule has 0 bridgehead atoms. The van der Waals surface area contributed by atoms with Gasteiger partial charge in [0, 0.05) is 41.8 Å². The average molecular weight is 418 g/mol. The van der Waals surface area contributed by atoms with E-state index in [1.165, 1.54) is 0 Å². The number of likely N-dealkylation sites (tertiary alicyclic amines) is 1. The highest BCUT2D eigenvalue weighted by molar-refractivity contribution is 6.46. The molecule has 0 spiro atoms. The molecular weight excluding hydrogens is 396 g/mol. The number of carbonyl (C=O) groups excluding carboxylic acids is 2. The van der Waals surface area contributed by atoms with Gasteiger partial charge in [0.1, 0.15) is 5.76 Å². The molecule has 1 fully saturated rings. The molecule has 1 unspecified atom stereocenters. The maximum absolute atomic E-state index is 13.1. The Kier molecular flexibility index (Phi) is 4.46. The fourth-order valence-electron chi connectivity index (χ4n) is 4.47. The quantitative estimate of drug-likeness (QED) is 0.397. The summed E-state index contributed by atoms with van der Waals surface area (Å²) >= 11 is 0. The lowest BCUT2D eigenvalue weighted by molar-refractivity contribution is -0.139. The first kappa shape index (κ1) is 19.2. The van der Waals surface area contributed by atoms with Gasteiger partial charge in [-0.3, -0.25) is 9.59 Å². The number of hydrogen-bond acceptors (Lipinski definition) is 5. The second-order valence-corrected chi connectivity index (χ2v) is 7.77. The Morgan fingerprint density at radius 1 is 1.13 bits per heavy atom. The van der Waals surface area contributed by atoms with Crippen LogP contribution in [-0.2, 0) is 16.6 Å². The van der Waals surface area contributed by atoms with Crippen molar-refractivity contribution in [3.63, 3.8) is 0 Å². The second-order valence-electron chi connectivity index (χ2n) is 7.77. The highest BCUT2D eigenvalue weighted by atomic mass is 16.7. The number of aromatic nitrogens is 1. The van der Waals surface area contributed by atoms with Gasteiger partial charge in [-0.1, -0.05) is 25.1 Å². The number of para-hydroxylation sites is 1. The van der Waals surface area contributed by atoms with Crippen molar-refractivity contribution in [2.45, 2.75) is 19.4 Å². The number of aliphatic hydroxyl groups is 1. The first-order chi connectivity index (χ1) is 15.0. The van der Waals surface area contributed by atoms with Crippen molar-refractivity contribution in [1.29, 1.82) is 0 Å². The summed E-state index contributed by atoms with van der Waals surface area (Å²) in [5, 5.41) is 12.2. The molecule has 1 amide bonds. The van der Waals surface area contributed by atoms with E-state index in [1.807, 2.05) is 49.0 Å². The van der Waals surface area contributed by atoms with Crippen LogP contribution in [0.5, 0.6) is 11.5 Å². The zero-order chi connectivity index (χ0) is 21.7. The van der Waals surface area contributed by atoms with E-state index >= 15 is 0 Å². The third kappa shape index (κ3) is 2.88. The molecule has 0 saturated carbocycles. The second kappa shape index (κ2) is 7.19. The maximum Gasteiger partial charge on any atom is 0.295 e. The number of carbonyl (C=O) groups is 2. The van der Waals surface area contributed by atoms with Crippen molar-refractivity contribution in [3.05, 3.63) is 65.4 Å². The lowest BCUT2D eigenvalue weighted by atomic mass is 9.95. The number of ketones is 1. The van der Waals surface area contributed by atoms with Crippen molar-refractivity contribution >= 4 is 28.4 Å². The molecule has 2 aromatic carbocycles. The van der Waals surface area contributed by atoms with Gasteiger partial charge in [0.2, 0.25) is 6.79 Å². The number of fused-ring (bicyclic) bond motifs is 2. The van der Waals surface area contributed by atoms with E-state index in [9.17, 15) is 14.7 Å². The van der Waals surface area contributed by atoms with E-state index in [4.69, 9.17) is 9.47 Å². The lowest BCUT2D eigenvalue weighted by Crippen LogP contribution is -2.30. The Morgan fingerprint density at radius 3 is 2.71 bits per heavy atom. The number of aliphatic hydroxyl groups excluding tert-OH is 1. The molecule has 7 nitrogen and oxygen atoms in total. The summed E-state index contributed by atoms with van der Waals surface area (Å²) in [6.07, 6.45) is 2.62. The van der Waals surface area contributed by atoms with E-state index in [-0.39, 0.29) is 18.1 Å². The summed E-state index contributed by atoms with van der Waals surface area (Å²) in [6.45, 7) is 2.48. The van der Waals surface area contributed by atoms with Gasteiger partial charge in [-0.25, -0.2) is 0 Å². The van der Waals surface area contributed by atoms with Crippen LogP contribution in [0.25, 0.3) is 16.7 Å². The number of aryl methyl sites for hydroxylation is 1. The molecule has 0 radical (unpaired) electrons. The Bertz CT molecular complexity index is 1260. The molecular formula is C24H22N2O5. The summed E-state index contributed by atoms with van der Waals surface area (Å²) in [5.41, 5.74) is 2.30. The van der Waals surface area contributed by atoms with Gasteiger partial charge in [-0.2, -0.15) is 0 Å². The van der Waals surface area contributed by atoms with Crippen LogP contribution in [0.4, 0.5) is 0 Å². The van der Waals surface area contributed by atoms with Gasteiger partial charge in [0.15, 0.2) is 11.5 Å². The molecule has 1 atom stereocenters. The summed E-state index contributed by atoms with van der Waals surface area (Å²) in [7, 11) is 1.93. The molecule has 5 rings (SSSR count). The molecule has 1 saturated heterocycles. The first-order valence-corrected chi connectivity index (χ1v) is 10.2. The van der Waals surface area contributed by atoms with E-state index in [0.29, 0.717) is 30.0 Å². The predicted octanol–water partition coefficient (Wildman–Crippen LogP) is 3.74. The minimum absolute atomic E-state index is 0.0914. The van der Waals surface area contributed by atoms with Crippen LogP contribution < -0.4 is 9.47 Å². The van der Waals surface area contributed by atoms with E-state index in [0.717, 1.165) is 16.5 Å². The summed E-state index contributed by atoms with van der Waals surface area (Å²) in [6, 6.07) is 12.1. The number of benzene rings is 2. The molecule has 3 aromatic rings. The monoisotopic (exact) mass is 418 g/mol. The molecule has 2 aliphatic rings. The van der Waals surface area contributed by atoms with Gasteiger partial charge < -0.3 is 24.0 Å². The van der Waals surface area contributed by atoms with Gasteiger partial charge >= 0.3 is 0 Å². The van der Waals surface area contributed by atoms with Crippen molar-refractivity contribution in [3.8, 4) is 11.5 Å². The molecule has 1 N–H and O–H groups in total. The minimum atomic E-state index is -0.679. The number of nitrogens with zero attached hydrogens (tertiary/aromatic N) is 2. The highest BCUT2D eigenvalue weighted by Crippen LogP contribution is 2.43. The number of hydrogen-bond donors (Lipinski definition) is 1. The van der Waals surface area contributed by atoms with Crippen LogP contribution in [-0.4, -0.2) is 39.6 Å². The minimum Gasteiger partial charge on any atom is -0.507 e. The highest BCUT2D eigenvalue weighted by Gasteiger charge is 2.46. The Balaban J connectivity index is 1.73. The Labute approximate surface area is 179 Å². The molecule has 2 aliphatic heterocycles. The fourth-order valence-corrected chi connectivity index (χ4v) is 4.47. The SMILES string of the molecule is CCCN1C(=O)C(=O)/C(=C(/O)c2ccc3c(c2)OCO3)C1c1cn(C)c2ccccc12. The fraction of sp³-hybridized carbons (Fsp3) is 0.250. The number of Topliss-reactive ketones (excluding diaryl/α,β-unsaturated/α-hetero) is 1. The summed E-state index contributed by atoms with van der Waals surface area (Å²) < 4.78 is 12.7. The largest absolute Gasteiger partial charge is 0.507 e. The lowest BCUT2D eigenvalue weighted by Gasteiger charge is -2.24. The van der Waals surface area contributed by atoms with Crippen molar-refractivity contribution in [1.82, 2.24) is 9.47 Å². The summed E-state index contributed by atoms with van der Waals surface area (Å²) in [4.78, 5) is 27.6. The number of amides is 1. The molecule has 31 heavy (non-hydrogen) atoms. The molecule has 158 valence electrons. The van der Waals surface area contributed by atoms with Crippen molar-refractivity contribution in [2.75, 3.05) is 13.3 Å². The zero-order valence-electron chi connectivity index (χ0n) is 17.3. The predicted molar refractivity (Wildman–Crippen MR) is 115 cm³/mol. The third-order valence-corrected chi connectivity index (χ3v) is 5.87. The standard InChI is InChI=1S/C24H22N2O5/c1-3-10-26-21(16-12-25(2)17-7-5-4-6-15(16)17)20(23(28)24(26)29)22(27)14-8-9-18-19(11-14)31-13-30-18/h4-9,11-12,21,27H,3,10,13H2,1-2H3/b22-20+. The molecule has 7 heteroatoms. The van der Waals surface area contributed by atoms with E-state index in [1.54, 1.807) is 23.1 Å². The number of ether oxygens (including phenoxy) is 2. The Hall–Kier alpha value is -3.74. The van der Waals surface area contributed by atoms with Gasteiger partial charge in [-0.15, -0.1) is 0 Å². The Morgan fingerprint density at radius 2 is 1.90 bits per heavy atom. The van der Waals surface area contributed by atoms with Crippen LogP contribution in [0.1, 0.15) is 30.5 Å². The zero-order valence-corrected chi connectivity index (χ0v) is 17.3. The summed E-state index contributed by atoms with van der Waals surface area (Å²) in [5.74, 6) is -0.418. The van der Waals surface area contributed by atoms with E-state index in [2.05, 4.69) is 0 Å². The van der Waals surface area contributed by atoms with E-state index < -0.39 is 17.7 Å². The molecule has 3 heterocycles. The molecule has 0 aliphatic carbocycles. The van der Waals surface area contributed by atoms with Crippen LogP contribution >= 0.6 is 0 Å². The first-order valence-electron chi connectivity index (χ1n) is 10.2. The van der Waals surface area contributed by atoms with Crippen LogP contribution in [0.2, 0.25) is 0 Å². The topological polar surface area (TPSA) is 81.0 Å². The van der Waals surface area contributed by atoms with Crippen LogP contribution in [0, 0.1) is 0 Å². The van der Waals surface area contributed by atoms with Crippen molar-refractivity contribution < 1.29 is 24.2 Å². The van der Waals surface area contributed by atoms with Gasteiger partial charge in [0.25, 0.3) is 11.7 Å². The van der Waals surface area contributed by atoms with Crippen LogP contribution in [0.15, 0.2) is 54.2 Å². The van der Waals surface area contributed by atoms with Gasteiger partial charge in [-0.05, 0) is 30.7 Å². The maximum atomic E-state index is 13.1. The molecule has 1 aromatic heterocycles. The van der Waals surface area contributed by atoms with Crippen molar-refractivity contribution in [2.24, 2.45) is 7.05 Å². The van der Waals surface area contributed by atoms with Gasteiger partial charge in [0.05, 0.1) is 11.6 Å². The number of rotatable bonds is 4. The third-order valence-electron chi connectivity index (χ3n) is 5.87. The van der Waals surface area contributed by atoms with Crippen LogP contribution in [0.3, 0.4) is 0 Å².